The molecule has 7 nitrogen and oxygen atoms in total. The predicted octanol–water partition coefficient (Wildman–Crippen LogP) is 4.52. The van der Waals surface area contributed by atoms with Gasteiger partial charge in [0, 0.05) is 7.05 Å². The van der Waals surface area contributed by atoms with Gasteiger partial charge in [0.1, 0.15) is 18.2 Å². The van der Waals surface area contributed by atoms with Gasteiger partial charge in [-0.2, -0.15) is 0 Å². The largest absolute Gasteiger partial charge is 0.492 e. The Morgan fingerprint density at radius 1 is 1.00 bits per heavy atom. The van der Waals surface area contributed by atoms with Crippen LogP contribution in [0.5, 0.6) is 5.75 Å². The van der Waals surface area contributed by atoms with E-state index in [0.29, 0.717) is 41.4 Å². The first-order valence-electron chi connectivity index (χ1n) is 11.6. The Hall–Kier alpha value is -3.97. The molecule has 0 spiro atoms. The zero-order valence-corrected chi connectivity index (χ0v) is 20.2. The number of ether oxygens (including phenoxy) is 2. The smallest absolute Gasteiger partial charge is 0.266 e. The van der Waals surface area contributed by atoms with Gasteiger partial charge < -0.3 is 14.4 Å². The molecule has 0 aliphatic carbocycles. The van der Waals surface area contributed by atoms with E-state index >= 15 is 0 Å². The highest BCUT2D eigenvalue weighted by molar-refractivity contribution is 5.79. The Kier molecular flexibility index (Phi) is 7.57. The minimum absolute atomic E-state index is 0.0803. The van der Waals surface area contributed by atoms with Gasteiger partial charge in [-0.1, -0.05) is 54.6 Å². The van der Waals surface area contributed by atoms with Crippen LogP contribution in [0.15, 0.2) is 83.7 Å². The number of fused-ring (bicyclic) bond motifs is 1. The third-order valence-electron chi connectivity index (χ3n) is 5.89. The van der Waals surface area contributed by atoms with Crippen LogP contribution in [0.3, 0.4) is 0 Å². The lowest BCUT2D eigenvalue weighted by Crippen LogP contribution is -2.36. The van der Waals surface area contributed by atoms with E-state index < -0.39 is 6.04 Å². The summed E-state index contributed by atoms with van der Waals surface area (Å²) in [5.74, 6) is 0.808. The van der Waals surface area contributed by atoms with Crippen LogP contribution < -0.4 is 10.3 Å². The Morgan fingerprint density at radius 2 is 1.69 bits per heavy atom. The van der Waals surface area contributed by atoms with E-state index in [1.54, 1.807) is 28.6 Å². The van der Waals surface area contributed by atoms with Crippen molar-refractivity contribution in [2.24, 2.45) is 0 Å². The lowest BCUT2D eigenvalue weighted by Gasteiger charge is -2.27. The number of hydrogen-bond acceptors (Lipinski definition) is 5. The summed E-state index contributed by atoms with van der Waals surface area (Å²) in [6.45, 7) is 4.46. The minimum atomic E-state index is -0.505. The third kappa shape index (κ3) is 5.25. The number of nitrogens with zero attached hydrogens (tertiary/aromatic N) is 3. The number of carbonyl (C=O) groups is 1. The zero-order chi connectivity index (χ0) is 24.8. The molecule has 0 fully saturated rings. The maximum absolute atomic E-state index is 13.7. The molecular formula is C28H29N3O4. The van der Waals surface area contributed by atoms with Crippen LogP contribution in [-0.4, -0.2) is 40.6 Å². The Balaban J connectivity index is 1.69. The molecular weight excluding hydrogens is 442 g/mol. The summed E-state index contributed by atoms with van der Waals surface area (Å²) in [5.41, 5.74) is 1.94. The van der Waals surface area contributed by atoms with E-state index in [-0.39, 0.29) is 18.1 Å². The van der Waals surface area contributed by atoms with Gasteiger partial charge in [0.25, 0.3) is 5.56 Å². The highest BCUT2D eigenvalue weighted by Crippen LogP contribution is 2.27. The highest BCUT2D eigenvalue weighted by atomic mass is 16.5. The molecule has 0 radical (unpaired) electrons. The van der Waals surface area contributed by atoms with Crippen molar-refractivity contribution in [3.8, 4) is 11.4 Å². The van der Waals surface area contributed by atoms with Gasteiger partial charge in [0.15, 0.2) is 0 Å². The second-order valence-electron chi connectivity index (χ2n) is 8.19. The summed E-state index contributed by atoms with van der Waals surface area (Å²) >= 11 is 0. The van der Waals surface area contributed by atoms with Crippen molar-refractivity contribution < 1.29 is 14.3 Å². The second-order valence-corrected chi connectivity index (χ2v) is 8.19. The zero-order valence-electron chi connectivity index (χ0n) is 20.2. The van der Waals surface area contributed by atoms with Crippen molar-refractivity contribution in [2.75, 3.05) is 20.3 Å². The van der Waals surface area contributed by atoms with Crippen LogP contribution in [0.2, 0.25) is 0 Å². The average Bonchev–Trinajstić information content (AvgIpc) is 2.89. The molecule has 1 amide bonds. The van der Waals surface area contributed by atoms with Gasteiger partial charge in [0.05, 0.1) is 35.8 Å². The normalized spacial score (nSPS) is 11.9. The van der Waals surface area contributed by atoms with Gasteiger partial charge in [-0.3, -0.25) is 14.2 Å². The molecule has 1 heterocycles. The number of hydrogen-bond donors (Lipinski definition) is 0. The number of aromatic nitrogens is 2. The van der Waals surface area contributed by atoms with Crippen molar-refractivity contribution >= 4 is 16.8 Å². The molecule has 0 bridgehead atoms. The van der Waals surface area contributed by atoms with Crippen molar-refractivity contribution in [2.45, 2.75) is 26.5 Å². The number of carbonyl (C=O) groups excluding carboxylic acids is 1. The van der Waals surface area contributed by atoms with E-state index in [9.17, 15) is 9.59 Å². The number of likely N-dealkylation sites (N-methyl/N-ethyl adjacent to an activating group) is 1. The Labute approximate surface area is 204 Å². The maximum Gasteiger partial charge on any atom is 0.266 e. The highest BCUT2D eigenvalue weighted by Gasteiger charge is 2.25. The van der Waals surface area contributed by atoms with Crippen molar-refractivity contribution in [3.63, 3.8) is 0 Å². The average molecular weight is 472 g/mol. The van der Waals surface area contributed by atoms with Gasteiger partial charge in [-0.15, -0.1) is 0 Å². The summed E-state index contributed by atoms with van der Waals surface area (Å²) in [7, 11) is 1.69. The van der Waals surface area contributed by atoms with Gasteiger partial charge in [-0.05, 0) is 43.7 Å². The number of para-hydroxylation sites is 3. The van der Waals surface area contributed by atoms with Gasteiger partial charge >= 0.3 is 0 Å². The molecule has 0 aliphatic heterocycles. The summed E-state index contributed by atoms with van der Waals surface area (Å²) in [6.07, 6.45) is 0. The summed E-state index contributed by atoms with van der Waals surface area (Å²) in [5, 5.41) is 0.495. The first kappa shape index (κ1) is 24.2. The summed E-state index contributed by atoms with van der Waals surface area (Å²) in [6, 6.07) is 23.7. The Morgan fingerprint density at radius 3 is 2.46 bits per heavy atom. The number of benzene rings is 3. The van der Waals surface area contributed by atoms with Crippen molar-refractivity contribution in [3.05, 3.63) is 101 Å². The lowest BCUT2D eigenvalue weighted by atomic mass is 10.2. The number of rotatable bonds is 9. The standard InChI is InChI=1S/C28H29N3O4/c1-4-35-25-17-11-10-16-24(25)31-27(29-23-15-9-8-14-22(23)28(31)33)20(2)30(3)26(32)19-34-18-21-12-6-5-7-13-21/h5-17,20H,4,18-19H2,1-3H3. The number of amides is 1. The molecule has 4 aromatic rings. The molecule has 1 aromatic heterocycles. The molecule has 180 valence electrons. The van der Waals surface area contributed by atoms with Crippen LogP contribution in [-0.2, 0) is 16.1 Å². The quantitative estimate of drug-likeness (QED) is 0.359. The summed E-state index contributed by atoms with van der Waals surface area (Å²) < 4.78 is 13.0. The van der Waals surface area contributed by atoms with Crippen LogP contribution in [0.1, 0.15) is 31.3 Å². The SMILES string of the molecule is CCOc1ccccc1-n1c(C(C)N(C)C(=O)COCc2ccccc2)nc2ccccc2c1=O. The van der Waals surface area contributed by atoms with Crippen LogP contribution in [0.4, 0.5) is 0 Å². The van der Waals surface area contributed by atoms with Gasteiger partial charge in [-0.25, -0.2) is 4.98 Å². The lowest BCUT2D eigenvalue weighted by molar-refractivity contribution is -0.137. The predicted molar refractivity (Wildman–Crippen MR) is 136 cm³/mol. The third-order valence-corrected chi connectivity index (χ3v) is 5.89. The molecule has 1 unspecified atom stereocenters. The topological polar surface area (TPSA) is 73.7 Å². The molecule has 0 aliphatic rings. The first-order chi connectivity index (χ1) is 17.0. The van der Waals surface area contributed by atoms with E-state index in [2.05, 4.69) is 0 Å². The molecule has 0 saturated heterocycles. The fourth-order valence-corrected chi connectivity index (χ4v) is 3.90. The van der Waals surface area contributed by atoms with E-state index in [1.165, 1.54) is 0 Å². The monoisotopic (exact) mass is 471 g/mol. The fraction of sp³-hybridized carbons (Fsp3) is 0.250. The first-order valence-corrected chi connectivity index (χ1v) is 11.6. The molecule has 3 aromatic carbocycles. The summed E-state index contributed by atoms with van der Waals surface area (Å²) in [4.78, 5) is 33.0. The van der Waals surface area contributed by atoms with Crippen LogP contribution >= 0.6 is 0 Å². The maximum atomic E-state index is 13.7. The van der Waals surface area contributed by atoms with Gasteiger partial charge in [0.2, 0.25) is 5.91 Å². The molecule has 1 atom stereocenters. The van der Waals surface area contributed by atoms with Crippen molar-refractivity contribution in [1.82, 2.24) is 14.5 Å². The van der Waals surface area contributed by atoms with Crippen LogP contribution in [0, 0.1) is 0 Å². The molecule has 7 heteroatoms. The second kappa shape index (κ2) is 11.0. The Bertz CT molecular complexity index is 1370. The van der Waals surface area contributed by atoms with Crippen molar-refractivity contribution in [1.29, 1.82) is 0 Å². The fourth-order valence-electron chi connectivity index (χ4n) is 3.90. The minimum Gasteiger partial charge on any atom is -0.492 e. The van der Waals surface area contributed by atoms with E-state index in [4.69, 9.17) is 14.5 Å². The molecule has 0 saturated carbocycles. The molecule has 4 rings (SSSR count). The van der Waals surface area contributed by atoms with E-state index in [0.717, 1.165) is 5.56 Å². The molecule has 35 heavy (non-hydrogen) atoms. The molecule has 0 N–H and O–H groups in total. The van der Waals surface area contributed by atoms with Crippen LogP contribution in [0.25, 0.3) is 16.6 Å². The van der Waals surface area contributed by atoms with E-state index in [1.807, 2.05) is 80.6 Å².